The second-order valence-electron chi connectivity index (χ2n) is 7.19. The molecule has 0 atom stereocenters. The Balaban J connectivity index is 1.71. The van der Waals surface area contributed by atoms with E-state index in [1.54, 1.807) is 41.3 Å². The van der Waals surface area contributed by atoms with E-state index in [2.05, 4.69) is 10.1 Å². The van der Waals surface area contributed by atoms with Gasteiger partial charge >= 0.3 is 0 Å². The SMILES string of the molecule is CC(C)CN(CCc1nc(-c2ccc([N+](=O)[O-])cc2)no1)C(=O)c1ccccc1Cl. The van der Waals surface area contributed by atoms with E-state index in [1.165, 1.54) is 12.1 Å². The molecular weight excluding hydrogens is 408 g/mol. The summed E-state index contributed by atoms with van der Waals surface area (Å²) in [7, 11) is 0. The van der Waals surface area contributed by atoms with Gasteiger partial charge in [-0.3, -0.25) is 14.9 Å². The smallest absolute Gasteiger partial charge is 0.269 e. The van der Waals surface area contributed by atoms with Gasteiger partial charge in [0.15, 0.2) is 0 Å². The Kier molecular flexibility index (Phi) is 6.79. The zero-order chi connectivity index (χ0) is 21.7. The summed E-state index contributed by atoms with van der Waals surface area (Å²) in [5, 5.41) is 15.1. The van der Waals surface area contributed by atoms with Crippen LogP contribution in [0.25, 0.3) is 11.4 Å². The molecule has 2 aromatic carbocycles. The van der Waals surface area contributed by atoms with Crippen molar-refractivity contribution in [2.75, 3.05) is 13.1 Å². The molecule has 3 rings (SSSR count). The number of rotatable bonds is 8. The van der Waals surface area contributed by atoms with Crippen LogP contribution in [0.4, 0.5) is 5.69 Å². The first kappa shape index (κ1) is 21.4. The maximum Gasteiger partial charge on any atom is 0.269 e. The van der Waals surface area contributed by atoms with Crippen LogP contribution in [0.2, 0.25) is 5.02 Å². The zero-order valence-corrected chi connectivity index (χ0v) is 17.4. The van der Waals surface area contributed by atoms with Gasteiger partial charge in [-0.05, 0) is 30.2 Å². The molecular formula is C21H21ClN4O4. The van der Waals surface area contributed by atoms with Gasteiger partial charge < -0.3 is 9.42 Å². The largest absolute Gasteiger partial charge is 0.339 e. The summed E-state index contributed by atoms with van der Waals surface area (Å²) in [6.45, 7) is 5.02. The van der Waals surface area contributed by atoms with E-state index in [0.717, 1.165) is 0 Å². The van der Waals surface area contributed by atoms with Gasteiger partial charge in [0.1, 0.15) is 0 Å². The molecule has 30 heavy (non-hydrogen) atoms. The summed E-state index contributed by atoms with van der Waals surface area (Å²) >= 11 is 6.19. The summed E-state index contributed by atoms with van der Waals surface area (Å²) in [6.07, 6.45) is 0.378. The third kappa shape index (κ3) is 5.21. The van der Waals surface area contributed by atoms with Crippen LogP contribution in [0.15, 0.2) is 53.1 Å². The molecule has 9 heteroatoms. The number of halogens is 1. The van der Waals surface area contributed by atoms with E-state index in [1.807, 2.05) is 13.8 Å². The highest BCUT2D eigenvalue weighted by Gasteiger charge is 2.20. The second-order valence-corrected chi connectivity index (χ2v) is 7.60. The highest BCUT2D eigenvalue weighted by atomic mass is 35.5. The molecule has 1 amide bonds. The molecule has 0 aliphatic rings. The van der Waals surface area contributed by atoms with Crippen molar-refractivity contribution in [3.05, 3.63) is 75.1 Å². The van der Waals surface area contributed by atoms with Crippen molar-refractivity contribution < 1.29 is 14.2 Å². The molecule has 0 saturated carbocycles. The first-order valence-corrected chi connectivity index (χ1v) is 9.84. The number of nitrogens with zero attached hydrogens (tertiary/aromatic N) is 4. The number of aromatic nitrogens is 2. The van der Waals surface area contributed by atoms with Crippen molar-refractivity contribution in [3.8, 4) is 11.4 Å². The van der Waals surface area contributed by atoms with E-state index in [-0.39, 0.29) is 17.5 Å². The minimum atomic E-state index is -0.468. The number of nitro groups is 1. The van der Waals surface area contributed by atoms with Crippen LogP contribution in [0.5, 0.6) is 0 Å². The fourth-order valence-electron chi connectivity index (χ4n) is 2.96. The molecule has 3 aromatic rings. The number of hydrogen-bond donors (Lipinski definition) is 0. The van der Waals surface area contributed by atoms with Gasteiger partial charge in [-0.25, -0.2) is 0 Å². The Labute approximate surface area is 178 Å². The Morgan fingerprint density at radius 3 is 2.53 bits per heavy atom. The lowest BCUT2D eigenvalue weighted by Gasteiger charge is -2.24. The lowest BCUT2D eigenvalue weighted by molar-refractivity contribution is -0.384. The average molecular weight is 429 g/mol. The minimum absolute atomic E-state index is 0.00937. The molecule has 1 heterocycles. The Bertz CT molecular complexity index is 1030. The molecule has 8 nitrogen and oxygen atoms in total. The molecule has 0 radical (unpaired) electrons. The molecule has 0 unspecified atom stereocenters. The summed E-state index contributed by atoms with van der Waals surface area (Å²) in [4.78, 5) is 29.3. The molecule has 0 aliphatic carbocycles. The van der Waals surface area contributed by atoms with E-state index < -0.39 is 4.92 Å². The highest BCUT2D eigenvalue weighted by Crippen LogP contribution is 2.21. The van der Waals surface area contributed by atoms with Crippen LogP contribution < -0.4 is 0 Å². The van der Waals surface area contributed by atoms with Crippen LogP contribution in [0.1, 0.15) is 30.1 Å². The molecule has 0 spiro atoms. The fraction of sp³-hybridized carbons (Fsp3) is 0.286. The highest BCUT2D eigenvalue weighted by molar-refractivity contribution is 6.33. The van der Waals surface area contributed by atoms with Crippen molar-refractivity contribution in [1.29, 1.82) is 0 Å². The van der Waals surface area contributed by atoms with Crippen molar-refractivity contribution in [3.63, 3.8) is 0 Å². The van der Waals surface area contributed by atoms with Gasteiger partial charge in [-0.2, -0.15) is 4.98 Å². The van der Waals surface area contributed by atoms with Crippen LogP contribution in [0.3, 0.4) is 0 Å². The lowest BCUT2D eigenvalue weighted by Crippen LogP contribution is -2.36. The van der Waals surface area contributed by atoms with Gasteiger partial charge in [0.25, 0.3) is 11.6 Å². The Morgan fingerprint density at radius 2 is 1.90 bits per heavy atom. The van der Waals surface area contributed by atoms with Gasteiger partial charge in [0.05, 0.1) is 15.5 Å². The summed E-state index contributed by atoms with van der Waals surface area (Å²) in [5.41, 5.74) is 1.06. The van der Waals surface area contributed by atoms with Crippen LogP contribution >= 0.6 is 11.6 Å². The summed E-state index contributed by atoms with van der Waals surface area (Å²) in [6, 6.07) is 12.9. The minimum Gasteiger partial charge on any atom is -0.339 e. The van der Waals surface area contributed by atoms with Gasteiger partial charge in [0.2, 0.25) is 11.7 Å². The fourth-order valence-corrected chi connectivity index (χ4v) is 3.17. The normalized spacial score (nSPS) is 10.9. The number of carbonyl (C=O) groups excluding carboxylic acids is 1. The molecule has 0 bridgehead atoms. The molecule has 0 fully saturated rings. The Morgan fingerprint density at radius 1 is 1.20 bits per heavy atom. The Hall–Kier alpha value is -3.26. The maximum absolute atomic E-state index is 13.0. The topological polar surface area (TPSA) is 102 Å². The van der Waals surface area contributed by atoms with Crippen LogP contribution in [0, 0.1) is 16.0 Å². The molecule has 156 valence electrons. The van der Waals surface area contributed by atoms with Gasteiger partial charge in [-0.1, -0.05) is 42.7 Å². The first-order valence-electron chi connectivity index (χ1n) is 9.46. The van der Waals surface area contributed by atoms with E-state index in [4.69, 9.17) is 16.1 Å². The molecule has 1 aromatic heterocycles. The van der Waals surface area contributed by atoms with Crippen LogP contribution in [-0.2, 0) is 6.42 Å². The number of non-ortho nitro benzene ring substituents is 1. The summed E-state index contributed by atoms with van der Waals surface area (Å²) < 4.78 is 5.30. The third-order valence-corrected chi connectivity index (χ3v) is 4.71. The molecule has 0 saturated heterocycles. The second kappa shape index (κ2) is 9.49. The van der Waals surface area contributed by atoms with Crippen molar-refractivity contribution in [1.82, 2.24) is 15.0 Å². The van der Waals surface area contributed by atoms with E-state index in [0.29, 0.717) is 47.4 Å². The standard InChI is InChI=1S/C21H21ClN4O4/c1-14(2)13-25(21(27)17-5-3-4-6-18(17)22)12-11-19-23-20(24-30-19)15-7-9-16(10-8-15)26(28)29/h3-10,14H,11-13H2,1-2H3. The number of amides is 1. The van der Waals surface area contributed by atoms with Crippen molar-refractivity contribution in [2.24, 2.45) is 5.92 Å². The van der Waals surface area contributed by atoms with Gasteiger partial charge in [0, 0.05) is 37.2 Å². The molecule has 0 aliphatic heterocycles. The summed E-state index contributed by atoms with van der Waals surface area (Å²) in [5.74, 6) is 0.844. The maximum atomic E-state index is 13.0. The predicted octanol–water partition coefficient (Wildman–Crippen LogP) is 4.64. The third-order valence-electron chi connectivity index (χ3n) is 4.38. The van der Waals surface area contributed by atoms with Crippen molar-refractivity contribution >= 4 is 23.2 Å². The molecule has 0 N–H and O–H groups in total. The number of nitro benzene ring substituents is 1. The number of hydrogen-bond acceptors (Lipinski definition) is 6. The van der Waals surface area contributed by atoms with E-state index >= 15 is 0 Å². The average Bonchev–Trinajstić information content (AvgIpc) is 3.20. The van der Waals surface area contributed by atoms with Crippen molar-refractivity contribution in [2.45, 2.75) is 20.3 Å². The first-order chi connectivity index (χ1) is 14.3. The number of carbonyl (C=O) groups is 1. The van der Waals surface area contributed by atoms with Crippen LogP contribution in [-0.4, -0.2) is 39.0 Å². The number of benzene rings is 2. The zero-order valence-electron chi connectivity index (χ0n) is 16.6. The predicted molar refractivity (Wildman–Crippen MR) is 112 cm³/mol. The monoisotopic (exact) mass is 428 g/mol. The quantitative estimate of drug-likeness (QED) is 0.382. The van der Waals surface area contributed by atoms with E-state index in [9.17, 15) is 14.9 Å². The van der Waals surface area contributed by atoms with Gasteiger partial charge in [-0.15, -0.1) is 0 Å². The lowest BCUT2D eigenvalue weighted by atomic mass is 10.1.